The molecule has 0 aliphatic heterocycles. The van der Waals surface area contributed by atoms with Crippen LogP contribution in [0.25, 0.3) is 0 Å². The Balaban J connectivity index is 1.96. The number of nitrogens with zero attached hydrogens (tertiary/aromatic N) is 1. The van der Waals surface area contributed by atoms with Crippen LogP contribution < -0.4 is 15.4 Å². The number of carboxylic acid groups (broad SMARTS) is 1. The molecule has 0 saturated carbocycles. The first-order chi connectivity index (χ1) is 12.8. The molecule has 144 valence electrons. The predicted molar refractivity (Wildman–Crippen MR) is 94.4 cm³/mol. The Bertz CT molecular complexity index is 815. The van der Waals surface area contributed by atoms with E-state index in [4.69, 9.17) is 9.26 Å². The summed E-state index contributed by atoms with van der Waals surface area (Å²) in [7, 11) is 1.53. The minimum atomic E-state index is -1.18. The fraction of sp³-hybridized carbons (Fsp3) is 0.333. The van der Waals surface area contributed by atoms with Crippen molar-refractivity contribution in [2.45, 2.75) is 32.4 Å². The fourth-order valence-electron chi connectivity index (χ4n) is 2.30. The second-order valence-corrected chi connectivity index (χ2v) is 5.97. The first-order valence-electron chi connectivity index (χ1n) is 8.20. The van der Waals surface area contributed by atoms with Crippen LogP contribution in [0.1, 0.15) is 28.7 Å². The quantitative estimate of drug-likeness (QED) is 0.625. The molecule has 9 heteroatoms. The van der Waals surface area contributed by atoms with Gasteiger partial charge in [0.25, 0.3) is 5.91 Å². The average molecular weight is 375 g/mol. The molecule has 0 saturated heterocycles. The highest BCUT2D eigenvalue weighted by Crippen LogP contribution is 2.13. The summed E-state index contributed by atoms with van der Waals surface area (Å²) in [6, 6.07) is 6.20. The van der Waals surface area contributed by atoms with Gasteiger partial charge in [0, 0.05) is 12.5 Å². The third-order valence-electron chi connectivity index (χ3n) is 3.81. The Hall–Kier alpha value is -3.36. The summed E-state index contributed by atoms with van der Waals surface area (Å²) >= 11 is 0. The van der Waals surface area contributed by atoms with Crippen molar-refractivity contribution in [2.24, 2.45) is 0 Å². The van der Waals surface area contributed by atoms with Crippen molar-refractivity contribution in [1.82, 2.24) is 15.8 Å². The third kappa shape index (κ3) is 5.56. The van der Waals surface area contributed by atoms with Crippen LogP contribution in [0, 0.1) is 6.92 Å². The van der Waals surface area contributed by atoms with Crippen LogP contribution in [0.5, 0.6) is 5.75 Å². The van der Waals surface area contributed by atoms with Crippen molar-refractivity contribution in [3.05, 3.63) is 47.3 Å². The van der Waals surface area contributed by atoms with Crippen molar-refractivity contribution in [2.75, 3.05) is 7.11 Å². The number of ether oxygens (including phenoxy) is 1. The van der Waals surface area contributed by atoms with Crippen LogP contribution >= 0.6 is 0 Å². The first kappa shape index (κ1) is 20.0. The van der Waals surface area contributed by atoms with Gasteiger partial charge in [-0.05, 0) is 31.5 Å². The van der Waals surface area contributed by atoms with Gasteiger partial charge >= 0.3 is 5.97 Å². The van der Waals surface area contributed by atoms with Crippen molar-refractivity contribution >= 4 is 17.8 Å². The van der Waals surface area contributed by atoms with Crippen LogP contribution in [0.2, 0.25) is 0 Å². The molecule has 9 nitrogen and oxygen atoms in total. The lowest BCUT2D eigenvalue weighted by Crippen LogP contribution is -2.51. The van der Waals surface area contributed by atoms with E-state index in [2.05, 4.69) is 15.8 Å². The number of rotatable bonds is 8. The maximum atomic E-state index is 12.3. The Morgan fingerprint density at radius 2 is 1.89 bits per heavy atom. The molecule has 0 aliphatic rings. The highest BCUT2D eigenvalue weighted by molar-refractivity contribution is 5.96. The molecule has 2 amide bonds. The number of carbonyl (C=O) groups excluding carboxylic acids is 2. The minimum absolute atomic E-state index is 0.0418. The normalized spacial score (nSPS) is 12.7. The Kier molecular flexibility index (Phi) is 6.53. The van der Waals surface area contributed by atoms with Crippen molar-refractivity contribution < 1.29 is 28.8 Å². The number of benzene rings is 1. The van der Waals surface area contributed by atoms with Gasteiger partial charge in [-0.3, -0.25) is 9.59 Å². The maximum Gasteiger partial charge on any atom is 0.326 e. The largest absolute Gasteiger partial charge is 0.497 e. The third-order valence-corrected chi connectivity index (χ3v) is 3.81. The number of hydrogen-bond acceptors (Lipinski definition) is 6. The zero-order chi connectivity index (χ0) is 20.0. The molecule has 1 aromatic heterocycles. The van der Waals surface area contributed by atoms with Gasteiger partial charge in [0.1, 0.15) is 23.6 Å². The minimum Gasteiger partial charge on any atom is -0.497 e. The van der Waals surface area contributed by atoms with E-state index in [1.165, 1.54) is 20.1 Å². The summed E-state index contributed by atoms with van der Waals surface area (Å²) in [6.45, 7) is 3.09. The van der Waals surface area contributed by atoms with Gasteiger partial charge in [-0.1, -0.05) is 17.3 Å². The van der Waals surface area contributed by atoms with Crippen molar-refractivity contribution in [3.8, 4) is 5.75 Å². The lowest BCUT2D eigenvalue weighted by molar-refractivity contribution is -0.142. The standard InChI is InChI=1S/C18H21N3O6/c1-10-8-14(21-27-10)17(23)19-11(2)16(22)20-15(18(24)25)9-12-4-6-13(26-3)7-5-12/h4-8,11,15H,9H2,1-3H3,(H,19,23)(H,20,22)(H,24,25). The van der Waals surface area contributed by atoms with Gasteiger partial charge in [0.15, 0.2) is 5.69 Å². The number of amides is 2. The van der Waals surface area contributed by atoms with Crippen LogP contribution in [-0.4, -0.2) is 47.2 Å². The molecular formula is C18H21N3O6. The summed E-state index contributed by atoms with van der Waals surface area (Å²) in [5, 5.41) is 17.8. The topological polar surface area (TPSA) is 131 Å². The molecule has 27 heavy (non-hydrogen) atoms. The summed E-state index contributed by atoms with van der Waals surface area (Å²) in [6.07, 6.45) is 0.0915. The molecule has 2 aromatic rings. The van der Waals surface area contributed by atoms with E-state index >= 15 is 0 Å². The monoisotopic (exact) mass is 375 g/mol. The molecule has 0 radical (unpaired) electrons. The predicted octanol–water partition coefficient (Wildman–Crippen LogP) is 0.922. The molecule has 0 spiro atoms. The summed E-state index contributed by atoms with van der Waals surface area (Å²) in [4.78, 5) is 35.8. The van der Waals surface area contributed by atoms with Crippen LogP contribution in [0.4, 0.5) is 0 Å². The number of carboxylic acids is 1. The molecular weight excluding hydrogens is 354 g/mol. The van der Waals surface area contributed by atoms with Crippen molar-refractivity contribution in [1.29, 1.82) is 0 Å². The Labute approximate surface area is 155 Å². The molecule has 1 aromatic carbocycles. The van der Waals surface area contributed by atoms with Gasteiger partial charge in [-0.15, -0.1) is 0 Å². The van der Waals surface area contributed by atoms with E-state index in [9.17, 15) is 19.5 Å². The van der Waals surface area contributed by atoms with Gasteiger partial charge in [-0.25, -0.2) is 4.79 Å². The van der Waals surface area contributed by atoms with E-state index < -0.39 is 29.9 Å². The molecule has 0 fully saturated rings. The molecule has 2 rings (SSSR count). The number of hydrogen-bond donors (Lipinski definition) is 3. The number of aliphatic carboxylic acids is 1. The maximum absolute atomic E-state index is 12.3. The highest BCUT2D eigenvalue weighted by atomic mass is 16.5. The van der Waals surface area contributed by atoms with E-state index in [0.717, 1.165) is 5.56 Å². The lowest BCUT2D eigenvalue weighted by atomic mass is 10.1. The molecule has 2 unspecified atom stereocenters. The molecule has 0 bridgehead atoms. The average Bonchev–Trinajstić information content (AvgIpc) is 3.08. The smallest absolute Gasteiger partial charge is 0.326 e. The Morgan fingerprint density at radius 3 is 2.41 bits per heavy atom. The molecule has 3 N–H and O–H groups in total. The van der Waals surface area contributed by atoms with E-state index in [0.29, 0.717) is 11.5 Å². The number of aromatic nitrogens is 1. The summed E-state index contributed by atoms with van der Waals surface area (Å²) in [5.41, 5.74) is 0.762. The van der Waals surface area contributed by atoms with E-state index in [1.807, 2.05) is 0 Å². The number of carbonyl (C=O) groups is 3. The molecule has 0 aliphatic carbocycles. The zero-order valence-electron chi connectivity index (χ0n) is 15.2. The number of aryl methyl sites for hydroxylation is 1. The lowest BCUT2D eigenvalue weighted by Gasteiger charge is -2.18. The number of methoxy groups -OCH3 is 1. The second kappa shape index (κ2) is 8.84. The van der Waals surface area contributed by atoms with E-state index in [1.54, 1.807) is 31.2 Å². The summed E-state index contributed by atoms with van der Waals surface area (Å²) < 4.78 is 9.86. The number of nitrogens with one attached hydrogen (secondary N) is 2. The van der Waals surface area contributed by atoms with Crippen molar-refractivity contribution in [3.63, 3.8) is 0 Å². The molecule has 2 atom stereocenters. The van der Waals surface area contributed by atoms with Gasteiger partial charge in [0.2, 0.25) is 5.91 Å². The van der Waals surface area contributed by atoms with Gasteiger partial charge < -0.3 is 25.0 Å². The van der Waals surface area contributed by atoms with Gasteiger partial charge in [-0.2, -0.15) is 0 Å². The second-order valence-electron chi connectivity index (χ2n) is 5.97. The highest BCUT2D eigenvalue weighted by Gasteiger charge is 2.25. The fourth-order valence-corrected chi connectivity index (χ4v) is 2.30. The molecule has 1 heterocycles. The SMILES string of the molecule is COc1ccc(CC(NC(=O)C(C)NC(=O)c2cc(C)on2)C(=O)O)cc1. The zero-order valence-corrected chi connectivity index (χ0v) is 15.2. The van der Waals surface area contributed by atoms with Crippen LogP contribution in [-0.2, 0) is 16.0 Å². The van der Waals surface area contributed by atoms with Gasteiger partial charge in [0.05, 0.1) is 7.11 Å². The van der Waals surface area contributed by atoms with Crippen LogP contribution in [0.15, 0.2) is 34.9 Å². The van der Waals surface area contributed by atoms with Crippen LogP contribution in [0.3, 0.4) is 0 Å². The summed E-state index contributed by atoms with van der Waals surface area (Å²) in [5.74, 6) is -1.28. The first-order valence-corrected chi connectivity index (χ1v) is 8.20. The van der Waals surface area contributed by atoms with E-state index in [-0.39, 0.29) is 12.1 Å². The Morgan fingerprint density at radius 1 is 1.22 bits per heavy atom.